The lowest BCUT2D eigenvalue weighted by molar-refractivity contribution is 0.197. The van der Waals surface area contributed by atoms with E-state index in [9.17, 15) is 0 Å². The first-order valence-electron chi connectivity index (χ1n) is 12.6. The van der Waals surface area contributed by atoms with E-state index in [2.05, 4.69) is 60.3 Å². The molecule has 0 bridgehead atoms. The van der Waals surface area contributed by atoms with Crippen LogP contribution in [0.4, 0.5) is 5.13 Å². The quantitative estimate of drug-likeness (QED) is 0.367. The first-order valence-corrected chi connectivity index (χ1v) is 13.4. The maximum Gasteiger partial charge on any atom is 0.186 e. The summed E-state index contributed by atoms with van der Waals surface area (Å²) < 4.78 is 14.5. The number of nitrogens with zero attached hydrogens (tertiary/aromatic N) is 7. The van der Waals surface area contributed by atoms with Crippen LogP contribution in [0.15, 0.2) is 42.5 Å². The molecular weight excluding hydrogens is 474 g/mol. The summed E-state index contributed by atoms with van der Waals surface area (Å²) in [6, 6.07) is 14.8. The molecule has 2 aliphatic rings. The highest BCUT2D eigenvalue weighted by molar-refractivity contribution is 7.22. The minimum Gasteiger partial charge on any atom is -0.493 e. The van der Waals surface area contributed by atoms with Crippen molar-refractivity contribution in [3.05, 3.63) is 53.9 Å². The lowest BCUT2D eigenvalue weighted by Crippen LogP contribution is -2.48. The molecule has 3 heterocycles. The fourth-order valence-electron chi connectivity index (χ4n) is 5.50. The van der Waals surface area contributed by atoms with Gasteiger partial charge < -0.3 is 14.4 Å². The van der Waals surface area contributed by atoms with Gasteiger partial charge in [-0.1, -0.05) is 42.4 Å². The largest absolute Gasteiger partial charge is 0.493 e. The zero-order chi connectivity index (χ0) is 24.5. The van der Waals surface area contributed by atoms with Crippen molar-refractivity contribution < 1.29 is 9.47 Å². The van der Waals surface area contributed by atoms with Crippen LogP contribution in [0.5, 0.6) is 11.5 Å². The number of hydrogen-bond donors (Lipinski definition) is 0. The van der Waals surface area contributed by atoms with Crippen LogP contribution < -0.4 is 14.4 Å². The molecule has 2 aromatic heterocycles. The Morgan fingerprint density at radius 3 is 2.47 bits per heavy atom. The van der Waals surface area contributed by atoms with Gasteiger partial charge >= 0.3 is 0 Å². The zero-order valence-corrected chi connectivity index (χ0v) is 21.5. The van der Waals surface area contributed by atoms with Gasteiger partial charge in [0.2, 0.25) is 0 Å². The molecule has 0 amide bonds. The molecule has 0 radical (unpaired) electrons. The smallest absolute Gasteiger partial charge is 0.186 e. The molecule has 4 aromatic rings. The first-order chi connectivity index (χ1) is 17.7. The van der Waals surface area contributed by atoms with Crippen LogP contribution in [0.25, 0.3) is 10.2 Å². The molecule has 188 valence electrons. The summed E-state index contributed by atoms with van der Waals surface area (Å²) in [6.45, 7) is 3.56. The average Bonchev–Trinajstić information content (AvgIpc) is 3.70. The fourth-order valence-corrected chi connectivity index (χ4v) is 6.52. The van der Waals surface area contributed by atoms with Crippen molar-refractivity contribution in [3.63, 3.8) is 0 Å². The highest BCUT2D eigenvalue weighted by atomic mass is 32.1. The topological polar surface area (TPSA) is 81.4 Å². The van der Waals surface area contributed by atoms with E-state index in [0.29, 0.717) is 11.8 Å². The summed E-state index contributed by atoms with van der Waals surface area (Å²) in [4.78, 5) is 9.77. The van der Waals surface area contributed by atoms with Gasteiger partial charge in [-0.2, -0.15) is 0 Å². The third-order valence-electron chi connectivity index (χ3n) is 7.39. The minimum atomic E-state index is -0.0714. The second kappa shape index (κ2) is 10.0. The van der Waals surface area contributed by atoms with Gasteiger partial charge in [0.15, 0.2) is 22.5 Å². The fraction of sp³-hybridized carbons (Fsp3) is 0.462. The molecule has 1 aliphatic heterocycles. The van der Waals surface area contributed by atoms with Gasteiger partial charge in [0.1, 0.15) is 0 Å². The van der Waals surface area contributed by atoms with E-state index in [-0.39, 0.29) is 6.04 Å². The molecule has 0 N–H and O–H groups in total. The van der Waals surface area contributed by atoms with Gasteiger partial charge in [0, 0.05) is 26.2 Å². The summed E-state index contributed by atoms with van der Waals surface area (Å²) in [7, 11) is 3.34. The predicted octanol–water partition coefficient (Wildman–Crippen LogP) is 4.33. The number of methoxy groups -OCH3 is 2. The predicted molar refractivity (Wildman–Crippen MR) is 140 cm³/mol. The van der Waals surface area contributed by atoms with E-state index in [1.165, 1.54) is 17.5 Å². The first kappa shape index (κ1) is 23.2. The van der Waals surface area contributed by atoms with Gasteiger partial charge in [-0.05, 0) is 53.1 Å². The second-order valence-corrected chi connectivity index (χ2v) is 10.4. The number of rotatable bonds is 7. The summed E-state index contributed by atoms with van der Waals surface area (Å²) in [5.41, 5.74) is 2.18. The van der Waals surface area contributed by atoms with E-state index in [1.54, 1.807) is 25.6 Å². The number of fused-ring (bicyclic) bond motifs is 1. The highest BCUT2D eigenvalue weighted by Gasteiger charge is 2.34. The summed E-state index contributed by atoms with van der Waals surface area (Å²) in [6.07, 6.45) is 4.71. The Morgan fingerprint density at radius 2 is 1.72 bits per heavy atom. The summed E-state index contributed by atoms with van der Waals surface area (Å²) in [5.74, 6) is 2.34. The molecule has 36 heavy (non-hydrogen) atoms. The van der Waals surface area contributed by atoms with E-state index in [4.69, 9.17) is 14.5 Å². The van der Waals surface area contributed by atoms with Crippen LogP contribution in [-0.4, -0.2) is 70.5 Å². The molecule has 0 spiro atoms. The Morgan fingerprint density at radius 1 is 0.944 bits per heavy atom. The van der Waals surface area contributed by atoms with Crippen LogP contribution in [0.2, 0.25) is 0 Å². The van der Waals surface area contributed by atoms with Crippen molar-refractivity contribution in [3.8, 4) is 11.5 Å². The van der Waals surface area contributed by atoms with Crippen molar-refractivity contribution in [2.75, 3.05) is 45.3 Å². The Bertz CT molecular complexity index is 1290. The van der Waals surface area contributed by atoms with Gasteiger partial charge in [0.25, 0.3) is 0 Å². The van der Waals surface area contributed by atoms with Gasteiger partial charge in [-0.15, -0.1) is 5.10 Å². The van der Waals surface area contributed by atoms with Crippen LogP contribution in [0.1, 0.15) is 49.2 Å². The maximum atomic E-state index is 5.65. The van der Waals surface area contributed by atoms with E-state index in [1.807, 2.05) is 12.1 Å². The van der Waals surface area contributed by atoms with E-state index in [0.717, 1.165) is 66.8 Å². The Kier molecular flexibility index (Phi) is 6.45. The maximum absolute atomic E-state index is 5.65. The van der Waals surface area contributed by atoms with Crippen LogP contribution in [0.3, 0.4) is 0 Å². The number of benzene rings is 2. The molecule has 2 aromatic carbocycles. The molecule has 1 saturated carbocycles. The molecular formula is C26H31N7O2S. The molecule has 1 saturated heterocycles. The average molecular weight is 506 g/mol. The van der Waals surface area contributed by atoms with Gasteiger partial charge in [0.05, 0.1) is 36.5 Å². The molecule has 1 aliphatic carbocycles. The molecule has 6 rings (SSSR count). The highest BCUT2D eigenvalue weighted by Crippen LogP contribution is 2.38. The number of aromatic nitrogens is 5. The molecule has 1 atom stereocenters. The van der Waals surface area contributed by atoms with Crippen molar-refractivity contribution in [2.45, 2.75) is 37.8 Å². The Labute approximate surface area is 214 Å². The summed E-state index contributed by atoms with van der Waals surface area (Å²) in [5, 5.41) is 14.3. The van der Waals surface area contributed by atoms with Crippen LogP contribution in [-0.2, 0) is 0 Å². The van der Waals surface area contributed by atoms with Crippen LogP contribution in [0, 0.1) is 0 Å². The number of ether oxygens (including phenoxy) is 2. The standard InChI is InChI=1S/C26H31N7O2S/c1-34-21-12-11-18(17-22(21)35-2)24(25-28-29-30-33(25)19-7-3-4-8-19)31-13-15-32(16-14-31)26-27-20-9-5-6-10-23(20)36-26/h5-6,9-12,17,19,24H,3-4,7-8,13-16H2,1-2H3/t24-/m0/s1. The molecule has 9 nitrogen and oxygen atoms in total. The second-order valence-electron chi connectivity index (χ2n) is 9.42. The normalized spacial score (nSPS) is 18.1. The van der Waals surface area contributed by atoms with Gasteiger partial charge in [-0.3, -0.25) is 4.90 Å². The number of thiazole rings is 1. The Balaban J connectivity index is 1.31. The monoisotopic (exact) mass is 505 g/mol. The third kappa shape index (κ3) is 4.28. The van der Waals surface area contributed by atoms with Crippen LogP contribution >= 0.6 is 11.3 Å². The molecule has 10 heteroatoms. The minimum absolute atomic E-state index is 0.0714. The van der Waals surface area contributed by atoms with Crippen molar-refractivity contribution in [1.82, 2.24) is 30.1 Å². The SMILES string of the molecule is COc1ccc([C@@H](c2nnnn2C2CCCC2)N2CCN(c3nc4ccccc4s3)CC2)cc1OC. The zero-order valence-electron chi connectivity index (χ0n) is 20.7. The lowest BCUT2D eigenvalue weighted by Gasteiger charge is -2.39. The van der Waals surface area contributed by atoms with Crippen molar-refractivity contribution >= 4 is 26.7 Å². The van der Waals surface area contributed by atoms with E-state index >= 15 is 0 Å². The van der Waals surface area contributed by atoms with Crippen molar-refractivity contribution in [1.29, 1.82) is 0 Å². The van der Waals surface area contributed by atoms with Crippen molar-refractivity contribution in [2.24, 2.45) is 0 Å². The number of piperazine rings is 1. The molecule has 2 fully saturated rings. The lowest BCUT2D eigenvalue weighted by atomic mass is 10.0. The number of para-hydroxylation sites is 1. The van der Waals surface area contributed by atoms with Gasteiger partial charge in [-0.25, -0.2) is 9.67 Å². The molecule has 0 unspecified atom stereocenters. The summed E-state index contributed by atoms with van der Waals surface area (Å²) >= 11 is 1.77. The number of tetrazole rings is 1. The third-order valence-corrected chi connectivity index (χ3v) is 8.49. The van der Waals surface area contributed by atoms with E-state index < -0.39 is 0 Å². The number of hydrogen-bond acceptors (Lipinski definition) is 9. The Hall–Kier alpha value is -3.24. The number of anilines is 1.